The summed E-state index contributed by atoms with van der Waals surface area (Å²) in [7, 11) is 0. The van der Waals surface area contributed by atoms with Crippen LogP contribution in [0.1, 0.15) is 18.4 Å². The lowest BCUT2D eigenvalue weighted by atomic mass is 10.1. The van der Waals surface area contributed by atoms with E-state index in [1.807, 2.05) is 0 Å². The van der Waals surface area contributed by atoms with Crippen LogP contribution in [0.5, 0.6) is 0 Å². The van der Waals surface area contributed by atoms with E-state index in [-0.39, 0.29) is 0 Å². The van der Waals surface area contributed by atoms with Gasteiger partial charge in [-0.2, -0.15) is 0 Å². The molecule has 0 aromatic heterocycles. The van der Waals surface area contributed by atoms with Crippen LogP contribution in [-0.2, 0) is 6.54 Å². The number of nitrogens with zero attached hydrogens (tertiary/aromatic N) is 1. The van der Waals surface area contributed by atoms with Gasteiger partial charge in [0.2, 0.25) is 0 Å². The molecule has 0 amide bonds. The number of hydrogen-bond donors (Lipinski definition) is 2. The van der Waals surface area contributed by atoms with Crippen molar-refractivity contribution < 1.29 is 0 Å². The topological polar surface area (TPSA) is 50.4 Å². The first kappa shape index (κ1) is 11.1. The number of nitrogens with two attached hydrogens (primary N) is 1. The average molecular weight is 239 g/mol. The second-order valence-corrected chi connectivity index (χ2v) is 4.76. The molecule has 1 saturated carbocycles. The Morgan fingerprint density at radius 2 is 1.94 bits per heavy atom. The Morgan fingerprint density at radius 3 is 2.78 bits per heavy atom. The zero-order valence-electron chi connectivity index (χ0n) is 10.3. The summed E-state index contributed by atoms with van der Waals surface area (Å²) in [5, 5.41) is 5.70. The fraction of sp³-hybridized carbons (Fsp3) is 0.267. The molecule has 0 atom stereocenters. The van der Waals surface area contributed by atoms with Crippen LogP contribution in [0.25, 0.3) is 10.8 Å². The third-order valence-electron chi connectivity index (χ3n) is 3.23. The molecule has 92 valence electrons. The molecule has 2 aromatic carbocycles. The Labute approximate surface area is 107 Å². The zero-order chi connectivity index (χ0) is 12.4. The maximum Gasteiger partial charge on any atom is 0.189 e. The van der Waals surface area contributed by atoms with Gasteiger partial charge in [0.05, 0.1) is 6.54 Å². The van der Waals surface area contributed by atoms with Crippen LogP contribution in [0.3, 0.4) is 0 Å². The fourth-order valence-electron chi connectivity index (χ4n) is 2.08. The normalized spacial score (nSPS) is 15.9. The van der Waals surface area contributed by atoms with Crippen molar-refractivity contribution in [1.82, 2.24) is 5.32 Å². The first-order valence-corrected chi connectivity index (χ1v) is 6.36. The van der Waals surface area contributed by atoms with Gasteiger partial charge in [-0.3, -0.25) is 0 Å². The molecule has 1 aliphatic rings. The molecule has 1 fully saturated rings. The van der Waals surface area contributed by atoms with Crippen molar-refractivity contribution in [3.05, 3.63) is 48.0 Å². The van der Waals surface area contributed by atoms with Crippen LogP contribution in [-0.4, -0.2) is 12.0 Å². The molecule has 0 aliphatic heterocycles. The number of benzene rings is 2. The maximum absolute atomic E-state index is 5.85. The Bertz CT molecular complexity index is 580. The van der Waals surface area contributed by atoms with Crippen LogP contribution in [0.2, 0.25) is 0 Å². The molecule has 3 heteroatoms. The van der Waals surface area contributed by atoms with Crippen molar-refractivity contribution in [2.75, 3.05) is 0 Å². The van der Waals surface area contributed by atoms with Crippen LogP contribution >= 0.6 is 0 Å². The SMILES string of the molecule is NC(=NCc1cccc2ccccc12)NC1CC1. The highest BCUT2D eigenvalue weighted by molar-refractivity contribution is 5.86. The lowest BCUT2D eigenvalue weighted by molar-refractivity contribution is 0.880. The summed E-state index contributed by atoms with van der Waals surface area (Å²) in [6, 6.07) is 15.2. The highest BCUT2D eigenvalue weighted by atomic mass is 15.1. The molecule has 0 spiro atoms. The first-order chi connectivity index (χ1) is 8.83. The minimum absolute atomic E-state index is 0.557. The van der Waals surface area contributed by atoms with Crippen molar-refractivity contribution in [3.8, 4) is 0 Å². The van der Waals surface area contributed by atoms with Gasteiger partial charge in [-0.15, -0.1) is 0 Å². The van der Waals surface area contributed by atoms with E-state index in [0.29, 0.717) is 18.5 Å². The lowest BCUT2D eigenvalue weighted by Gasteiger charge is -2.06. The largest absolute Gasteiger partial charge is 0.370 e. The quantitative estimate of drug-likeness (QED) is 0.638. The molecule has 3 rings (SSSR count). The predicted octanol–water partition coefficient (Wildman–Crippen LogP) is 2.41. The van der Waals surface area contributed by atoms with Crippen molar-refractivity contribution in [3.63, 3.8) is 0 Å². The van der Waals surface area contributed by atoms with E-state index in [0.717, 1.165) is 0 Å². The molecule has 3 nitrogen and oxygen atoms in total. The Hall–Kier alpha value is -2.03. The molecule has 0 saturated heterocycles. The summed E-state index contributed by atoms with van der Waals surface area (Å²) in [6.07, 6.45) is 2.43. The van der Waals surface area contributed by atoms with E-state index < -0.39 is 0 Å². The van der Waals surface area contributed by atoms with Crippen molar-refractivity contribution in [1.29, 1.82) is 0 Å². The number of nitrogens with one attached hydrogen (secondary N) is 1. The predicted molar refractivity (Wildman–Crippen MR) is 75.4 cm³/mol. The maximum atomic E-state index is 5.85. The van der Waals surface area contributed by atoms with Crippen molar-refractivity contribution in [2.24, 2.45) is 10.7 Å². The van der Waals surface area contributed by atoms with Gasteiger partial charge in [0, 0.05) is 6.04 Å². The molecule has 3 N–H and O–H groups in total. The number of rotatable bonds is 3. The van der Waals surface area contributed by atoms with E-state index in [9.17, 15) is 0 Å². The minimum Gasteiger partial charge on any atom is -0.370 e. The number of hydrogen-bond acceptors (Lipinski definition) is 1. The Kier molecular flexibility index (Phi) is 2.89. The molecule has 0 unspecified atom stereocenters. The van der Waals surface area contributed by atoms with Gasteiger partial charge < -0.3 is 11.1 Å². The van der Waals surface area contributed by atoms with E-state index in [1.165, 1.54) is 29.2 Å². The summed E-state index contributed by atoms with van der Waals surface area (Å²) in [6.45, 7) is 0.632. The second-order valence-electron chi connectivity index (χ2n) is 4.76. The smallest absolute Gasteiger partial charge is 0.189 e. The third-order valence-corrected chi connectivity index (χ3v) is 3.23. The van der Waals surface area contributed by atoms with Gasteiger partial charge in [-0.1, -0.05) is 42.5 Å². The summed E-state index contributed by atoms with van der Waals surface area (Å²) in [5.41, 5.74) is 7.06. The standard InChI is InChI=1S/C15H17N3/c16-15(18-13-8-9-13)17-10-12-6-3-5-11-4-1-2-7-14(11)12/h1-7,13H,8-10H2,(H3,16,17,18). The lowest BCUT2D eigenvalue weighted by Crippen LogP contribution is -2.33. The monoisotopic (exact) mass is 239 g/mol. The molecule has 2 aromatic rings. The van der Waals surface area contributed by atoms with E-state index >= 15 is 0 Å². The summed E-state index contributed by atoms with van der Waals surface area (Å²) < 4.78 is 0. The van der Waals surface area contributed by atoms with Gasteiger partial charge in [0.25, 0.3) is 0 Å². The molecular weight excluding hydrogens is 222 g/mol. The van der Waals surface area contributed by atoms with Crippen LogP contribution in [0.4, 0.5) is 0 Å². The van der Waals surface area contributed by atoms with Gasteiger partial charge in [-0.05, 0) is 29.2 Å². The number of guanidine groups is 1. The third kappa shape index (κ3) is 2.45. The molecule has 1 aliphatic carbocycles. The van der Waals surface area contributed by atoms with E-state index in [2.05, 4.69) is 52.8 Å². The van der Waals surface area contributed by atoms with Crippen LogP contribution in [0, 0.1) is 0 Å². The van der Waals surface area contributed by atoms with Gasteiger partial charge in [0.15, 0.2) is 5.96 Å². The molecule has 0 bridgehead atoms. The Balaban J connectivity index is 1.81. The summed E-state index contributed by atoms with van der Waals surface area (Å²) in [4.78, 5) is 4.41. The number of aliphatic imine (C=N–C) groups is 1. The van der Waals surface area contributed by atoms with E-state index in [4.69, 9.17) is 5.73 Å². The highest BCUT2D eigenvalue weighted by Crippen LogP contribution is 2.20. The van der Waals surface area contributed by atoms with Crippen LogP contribution in [0.15, 0.2) is 47.5 Å². The van der Waals surface area contributed by atoms with E-state index in [1.54, 1.807) is 0 Å². The van der Waals surface area contributed by atoms with Crippen molar-refractivity contribution in [2.45, 2.75) is 25.4 Å². The van der Waals surface area contributed by atoms with Crippen molar-refractivity contribution >= 4 is 16.7 Å². The minimum atomic E-state index is 0.557. The second kappa shape index (κ2) is 4.69. The molecule has 18 heavy (non-hydrogen) atoms. The fourth-order valence-corrected chi connectivity index (χ4v) is 2.08. The first-order valence-electron chi connectivity index (χ1n) is 6.36. The molecule has 0 radical (unpaired) electrons. The molecule has 0 heterocycles. The molecular formula is C15H17N3. The average Bonchev–Trinajstić information content (AvgIpc) is 3.20. The zero-order valence-corrected chi connectivity index (χ0v) is 10.3. The summed E-state index contributed by atoms with van der Waals surface area (Å²) >= 11 is 0. The highest BCUT2D eigenvalue weighted by Gasteiger charge is 2.21. The van der Waals surface area contributed by atoms with Gasteiger partial charge >= 0.3 is 0 Å². The number of fused-ring (bicyclic) bond motifs is 1. The van der Waals surface area contributed by atoms with Gasteiger partial charge in [-0.25, -0.2) is 4.99 Å². The Morgan fingerprint density at radius 1 is 1.17 bits per heavy atom. The van der Waals surface area contributed by atoms with Gasteiger partial charge in [0.1, 0.15) is 0 Å². The van der Waals surface area contributed by atoms with Crippen LogP contribution < -0.4 is 11.1 Å². The summed E-state index contributed by atoms with van der Waals surface area (Å²) in [5.74, 6) is 0.561.